The first kappa shape index (κ1) is 19.4. The first-order valence-corrected chi connectivity index (χ1v) is 9.31. The molecule has 0 radical (unpaired) electrons. The lowest BCUT2D eigenvalue weighted by Gasteiger charge is -2.30. The van der Waals surface area contributed by atoms with Crippen molar-refractivity contribution in [3.05, 3.63) is 42.7 Å². The summed E-state index contributed by atoms with van der Waals surface area (Å²) in [7, 11) is 2.09. The van der Waals surface area contributed by atoms with E-state index in [9.17, 15) is 13.2 Å². The maximum atomic E-state index is 12.4. The van der Waals surface area contributed by atoms with E-state index in [4.69, 9.17) is 0 Å². The number of hydrogen-bond acceptors (Lipinski definition) is 6. The number of pyridine rings is 1. The van der Waals surface area contributed by atoms with Gasteiger partial charge in [-0.2, -0.15) is 0 Å². The average molecular weight is 403 g/mol. The Hall–Kier alpha value is -2.94. The van der Waals surface area contributed by atoms with Gasteiger partial charge < -0.3 is 15.0 Å². The molecule has 4 rings (SSSR count). The van der Waals surface area contributed by atoms with E-state index in [0.29, 0.717) is 17.1 Å². The molecule has 3 heterocycles. The topological polar surface area (TPSA) is 63.2 Å². The molecule has 1 fully saturated rings. The number of aromatic nitrogens is 3. The van der Waals surface area contributed by atoms with Gasteiger partial charge in [0.15, 0.2) is 5.82 Å². The SMILES string of the molecule is CN1CCC[C@@H](Nc2nnc(-c3ccc(OC(F)(F)F)cc3)c3ccncc23)C1. The monoisotopic (exact) mass is 403 g/mol. The van der Waals surface area contributed by atoms with Crippen molar-refractivity contribution in [3.63, 3.8) is 0 Å². The van der Waals surface area contributed by atoms with Gasteiger partial charge in [-0.25, -0.2) is 0 Å². The van der Waals surface area contributed by atoms with E-state index in [1.807, 2.05) is 6.07 Å². The molecule has 29 heavy (non-hydrogen) atoms. The molecule has 0 unspecified atom stereocenters. The molecule has 1 atom stereocenters. The Balaban J connectivity index is 1.64. The number of hydrogen-bond donors (Lipinski definition) is 1. The number of piperidine rings is 1. The second kappa shape index (κ2) is 7.82. The molecule has 0 amide bonds. The first-order chi connectivity index (χ1) is 13.9. The fourth-order valence-corrected chi connectivity index (χ4v) is 3.61. The van der Waals surface area contributed by atoms with Crippen LogP contribution in [0, 0.1) is 0 Å². The summed E-state index contributed by atoms with van der Waals surface area (Å²) in [6.45, 7) is 2.00. The highest BCUT2D eigenvalue weighted by molar-refractivity contribution is 5.99. The molecule has 6 nitrogen and oxygen atoms in total. The zero-order valence-corrected chi connectivity index (χ0v) is 15.8. The smallest absolute Gasteiger partial charge is 0.406 e. The number of likely N-dealkylation sites (N-methyl/N-ethyl adjacent to an activating group) is 1. The maximum absolute atomic E-state index is 12.4. The number of nitrogens with zero attached hydrogens (tertiary/aromatic N) is 4. The summed E-state index contributed by atoms with van der Waals surface area (Å²) in [4.78, 5) is 6.48. The standard InChI is InChI=1S/C20H20F3N5O/c1-28-10-2-3-14(12-28)25-19-17-11-24-9-8-16(17)18(26-27-19)13-4-6-15(7-5-13)29-20(21,22)23/h4-9,11,14H,2-3,10,12H2,1H3,(H,25,27)/t14-/m1/s1. The van der Waals surface area contributed by atoms with Gasteiger partial charge in [-0.15, -0.1) is 23.4 Å². The van der Waals surface area contributed by atoms with Gasteiger partial charge >= 0.3 is 6.36 Å². The van der Waals surface area contributed by atoms with E-state index in [1.54, 1.807) is 12.4 Å². The minimum Gasteiger partial charge on any atom is -0.406 e. The lowest BCUT2D eigenvalue weighted by molar-refractivity contribution is -0.274. The van der Waals surface area contributed by atoms with Crippen molar-refractivity contribution >= 4 is 16.6 Å². The van der Waals surface area contributed by atoms with Crippen LogP contribution < -0.4 is 10.1 Å². The Morgan fingerprint density at radius 2 is 1.90 bits per heavy atom. The third-order valence-electron chi connectivity index (χ3n) is 4.91. The molecule has 1 aliphatic rings. The van der Waals surface area contributed by atoms with Crippen LogP contribution in [0.25, 0.3) is 22.0 Å². The molecule has 3 aromatic rings. The summed E-state index contributed by atoms with van der Waals surface area (Å²) >= 11 is 0. The molecule has 0 spiro atoms. The minimum absolute atomic E-state index is 0.274. The van der Waals surface area contributed by atoms with Crippen LogP contribution in [-0.4, -0.2) is 52.6 Å². The van der Waals surface area contributed by atoms with Crippen LogP contribution in [0.1, 0.15) is 12.8 Å². The van der Waals surface area contributed by atoms with Crippen LogP contribution in [0.4, 0.5) is 19.0 Å². The predicted molar refractivity (Wildman–Crippen MR) is 104 cm³/mol. The molecule has 152 valence electrons. The fourth-order valence-electron chi connectivity index (χ4n) is 3.61. The molecule has 0 bridgehead atoms. The summed E-state index contributed by atoms with van der Waals surface area (Å²) in [6, 6.07) is 7.71. The van der Waals surface area contributed by atoms with Crippen molar-refractivity contribution in [3.8, 4) is 17.0 Å². The van der Waals surface area contributed by atoms with E-state index in [2.05, 4.69) is 37.2 Å². The van der Waals surface area contributed by atoms with Gasteiger partial charge in [0, 0.05) is 41.3 Å². The maximum Gasteiger partial charge on any atom is 0.573 e. The molecule has 0 aliphatic carbocycles. The van der Waals surface area contributed by atoms with Crippen molar-refractivity contribution < 1.29 is 17.9 Å². The summed E-state index contributed by atoms with van der Waals surface area (Å²) in [6.07, 6.45) is 0.828. The highest BCUT2D eigenvalue weighted by atomic mass is 19.4. The van der Waals surface area contributed by atoms with Gasteiger partial charge in [-0.1, -0.05) is 0 Å². The predicted octanol–water partition coefficient (Wildman–Crippen LogP) is 4.10. The number of fused-ring (bicyclic) bond motifs is 1. The number of ether oxygens (including phenoxy) is 1. The molecule has 9 heteroatoms. The molecule has 1 aliphatic heterocycles. The van der Waals surface area contributed by atoms with E-state index in [1.165, 1.54) is 24.3 Å². The lowest BCUT2D eigenvalue weighted by Crippen LogP contribution is -2.40. The van der Waals surface area contributed by atoms with Gasteiger partial charge in [-0.05, 0) is 56.8 Å². The zero-order valence-electron chi connectivity index (χ0n) is 15.8. The molecule has 2 aromatic heterocycles. The third kappa shape index (κ3) is 4.56. The van der Waals surface area contributed by atoms with Crippen LogP contribution in [0.5, 0.6) is 5.75 Å². The minimum atomic E-state index is -4.72. The van der Waals surface area contributed by atoms with E-state index in [0.717, 1.165) is 36.7 Å². The first-order valence-electron chi connectivity index (χ1n) is 9.31. The van der Waals surface area contributed by atoms with Gasteiger partial charge in [-0.3, -0.25) is 4.98 Å². The van der Waals surface area contributed by atoms with Gasteiger partial charge in [0.2, 0.25) is 0 Å². The Kier molecular flexibility index (Phi) is 5.23. The second-order valence-electron chi connectivity index (χ2n) is 7.14. The zero-order chi connectivity index (χ0) is 20.4. The van der Waals surface area contributed by atoms with E-state index >= 15 is 0 Å². The van der Waals surface area contributed by atoms with Gasteiger partial charge in [0.1, 0.15) is 11.4 Å². The molecule has 1 aromatic carbocycles. The van der Waals surface area contributed by atoms with Crippen molar-refractivity contribution in [2.75, 3.05) is 25.5 Å². The van der Waals surface area contributed by atoms with Crippen molar-refractivity contribution in [1.29, 1.82) is 0 Å². The fraction of sp³-hybridized carbons (Fsp3) is 0.350. The number of nitrogens with one attached hydrogen (secondary N) is 1. The number of rotatable bonds is 4. The highest BCUT2D eigenvalue weighted by Crippen LogP contribution is 2.31. The van der Waals surface area contributed by atoms with E-state index < -0.39 is 6.36 Å². The molecule has 0 saturated carbocycles. The Morgan fingerprint density at radius 1 is 1.10 bits per heavy atom. The van der Waals surface area contributed by atoms with Crippen molar-refractivity contribution in [2.24, 2.45) is 0 Å². The Labute approximate surface area is 165 Å². The summed E-state index contributed by atoms with van der Waals surface area (Å²) in [5.74, 6) is 0.383. The number of anilines is 1. The quantitative estimate of drug-likeness (QED) is 0.708. The molecular formula is C20H20F3N5O. The van der Waals surface area contributed by atoms with Gasteiger partial charge in [0.05, 0.1) is 0 Å². The third-order valence-corrected chi connectivity index (χ3v) is 4.91. The van der Waals surface area contributed by atoms with Crippen molar-refractivity contribution in [1.82, 2.24) is 20.1 Å². The second-order valence-corrected chi connectivity index (χ2v) is 7.14. The molecule has 1 N–H and O–H groups in total. The van der Waals surface area contributed by atoms with E-state index in [-0.39, 0.29) is 11.8 Å². The number of likely N-dealkylation sites (tertiary alicyclic amines) is 1. The normalized spacial score (nSPS) is 18.0. The van der Waals surface area contributed by atoms with Crippen LogP contribution in [0.3, 0.4) is 0 Å². The highest BCUT2D eigenvalue weighted by Gasteiger charge is 2.31. The lowest BCUT2D eigenvalue weighted by atomic mass is 10.0. The summed E-state index contributed by atoms with van der Waals surface area (Å²) < 4.78 is 41.1. The van der Waals surface area contributed by atoms with Crippen LogP contribution in [-0.2, 0) is 0 Å². The number of benzene rings is 1. The number of halogens is 3. The average Bonchev–Trinajstić information content (AvgIpc) is 2.68. The summed E-state index contributed by atoms with van der Waals surface area (Å²) in [5, 5.41) is 13.8. The largest absolute Gasteiger partial charge is 0.573 e. The molecule has 1 saturated heterocycles. The van der Waals surface area contributed by atoms with Crippen molar-refractivity contribution in [2.45, 2.75) is 25.2 Å². The van der Waals surface area contributed by atoms with Gasteiger partial charge in [0.25, 0.3) is 0 Å². The van der Waals surface area contributed by atoms with Crippen LogP contribution in [0.2, 0.25) is 0 Å². The van der Waals surface area contributed by atoms with Crippen LogP contribution >= 0.6 is 0 Å². The number of alkyl halides is 3. The molecular weight excluding hydrogens is 383 g/mol. The Morgan fingerprint density at radius 3 is 2.62 bits per heavy atom. The summed E-state index contributed by atoms with van der Waals surface area (Å²) in [5.41, 5.74) is 1.22. The van der Waals surface area contributed by atoms with Crippen LogP contribution in [0.15, 0.2) is 42.7 Å². The Bertz CT molecular complexity index is 994.